The Kier molecular flexibility index (Phi) is 4.96. The van der Waals surface area contributed by atoms with Crippen molar-refractivity contribution in [2.75, 3.05) is 14.2 Å². The van der Waals surface area contributed by atoms with Gasteiger partial charge in [-0.1, -0.05) is 0 Å². The van der Waals surface area contributed by atoms with Crippen LogP contribution in [0.2, 0.25) is 0 Å². The first-order valence-electron chi connectivity index (χ1n) is 9.47. The molecule has 1 aliphatic carbocycles. The summed E-state index contributed by atoms with van der Waals surface area (Å²) >= 11 is 0. The number of rotatable bonds is 5. The van der Waals surface area contributed by atoms with Crippen LogP contribution in [0.1, 0.15) is 35.6 Å². The van der Waals surface area contributed by atoms with Gasteiger partial charge in [-0.25, -0.2) is 0 Å². The quantitative estimate of drug-likeness (QED) is 0.402. The highest BCUT2D eigenvalue weighted by atomic mass is 16.6. The van der Waals surface area contributed by atoms with Gasteiger partial charge in [0.2, 0.25) is 0 Å². The third kappa shape index (κ3) is 3.55. The van der Waals surface area contributed by atoms with Crippen LogP contribution >= 0.6 is 0 Å². The van der Waals surface area contributed by atoms with Crippen LogP contribution in [0, 0.1) is 10.1 Å². The molecular formula is C20H23N5O4. The number of benzene rings is 1. The number of hydrogen-bond donors (Lipinski definition) is 1. The Hall–Kier alpha value is -3.36. The molecule has 0 saturated heterocycles. The summed E-state index contributed by atoms with van der Waals surface area (Å²) in [6.07, 6.45) is 4.91. The van der Waals surface area contributed by atoms with Crippen molar-refractivity contribution in [1.82, 2.24) is 20.0 Å². The second kappa shape index (κ2) is 7.57. The van der Waals surface area contributed by atoms with Crippen molar-refractivity contribution in [1.29, 1.82) is 0 Å². The fourth-order valence-corrected chi connectivity index (χ4v) is 4.04. The molecule has 0 radical (unpaired) electrons. The Morgan fingerprint density at radius 3 is 2.59 bits per heavy atom. The molecule has 0 bridgehead atoms. The van der Waals surface area contributed by atoms with Crippen LogP contribution < -0.4 is 9.47 Å². The average molecular weight is 397 g/mol. The zero-order chi connectivity index (χ0) is 20.5. The van der Waals surface area contributed by atoms with Gasteiger partial charge < -0.3 is 9.47 Å². The summed E-state index contributed by atoms with van der Waals surface area (Å²) in [5, 5.41) is 23.2. The number of methoxy groups -OCH3 is 2. The lowest BCUT2D eigenvalue weighted by Crippen LogP contribution is -2.03. The Labute approximate surface area is 167 Å². The number of hydrogen-bond acceptors (Lipinski definition) is 6. The highest BCUT2D eigenvalue weighted by molar-refractivity contribution is 5.69. The topological polar surface area (TPSA) is 108 Å². The predicted octanol–water partition coefficient (Wildman–Crippen LogP) is 3.40. The summed E-state index contributed by atoms with van der Waals surface area (Å²) in [6.45, 7) is 0. The highest BCUT2D eigenvalue weighted by Crippen LogP contribution is 2.38. The van der Waals surface area contributed by atoms with Gasteiger partial charge in [0.15, 0.2) is 5.69 Å². The van der Waals surface area contributed by atoms with E-state index in [4.69, 9.17) is 9.47 Å². The molecule has 0 fully saturated rings. The van der Waals surface area contributed by atoms with Crippen molar-refractivity contribution in [3.63, 3.8) is 0 Å². The Balaban J connectivity index is 1.70. The van der Waals surface area contributed by atoms with Gasteiger partial charge in [0.05, 0.1) is 19.1 Å². The van der Waals surface area contributed by atoms with E-state index >= 15 is 0 Å². The lowest BCUT2D eigenvalue weighted by Gasteiger charge is -2.17. The fraction of sp³-hybridized carbons (Fsp3) is 0.400. The molecule has 0 saturated carbocycles. The first-order valence-corrected chi connectivity index (χ1v) is 9.47. The lowest BCUT2D eigenvalue weighted by molar-refractivity contribution is -0.384. The third-order valence-corrected chi connectivity index (χ3v) is 5.46. The van der Waals surface area contributed by atoms with Gasteiger partial charge in [-0.05, 0) is 49.3 Å². The van der Waals surface area contributed by atoms with Crippen molar-refractivity contribution in [3.8, 4) is 22.9 Å². The normalized spacial score (nSPS) is 16.2. The third-order valence-electron chi connectivity index (χ3n) is 5.46. The number of H-pyrrole nitrogens is 1. The summed E-state index contributed by atoms with van der Waals surface area (Å²) in [5.74, 6) is 1.80. The molecule has 0 aliphatic heterocycles. The number of aromatic amines is 1. The number of ether oxygens (including phenoxy) is 2. The number of nitrogens with zero attached hydrogens (tertiary/aromatic N) is 4. The van der Waals surface area contributed by atoms with Crippen molar-refractivity contribution in [3.05, 3.63) is 51.3 Å². The minimum absolute atomic E-state index is 0.0277. The highest BCUT2D eigenvalue weighted by Gasteiger charge is 2.29. The predicted molar refractivity (Wildman–Crippen MR) is 106 cm³/mol. The van der Waals surface area contributed by atoms with Crippen LogP contribution in [-0.2, 0) is 19.9 Å². The smallest absolute Gasteiger partial charge is 0.316 e. The molecule has 152 valence electrons. The summed E-state index contributed by atoms with van der Waals surface area (Å²) in [7, 11) is 4.96. The van der Waals surface area contributed by atoms with Crippen molar-refractivity contribution < 1.29 is 14.4 Å². The maximum atomic E-state index is 11.4. The average Bonchev–Trinajstić information content (AvgIpc) is 3.23. The van der Waals surface area contributed by atoms with E-state index in [1.54, 1.807) is 21.3 Å². The minimum Gasteiger partial charge on any atom is -0.497 e. The van der Waals surface area contributed by atoms with Crippen molar-refractivity contribution >= 4 is 5.69 Å². The SMILES string of the molecule is COc1cc(OC)cc([C@@H]2CCCc3c(-c4nn(C)cc4[N+](=O)[O-])n[nH]c3C2)c1. The zero-order valence-corrected chi connectivity index (χ0v) is 16.6. The van der Waals surface area contributed by atoms with Crippen LogP contribution in [0.3, 0.4) is 0 Å². The first kappa shape index (κ1) is 19.0. The van der Waals surface area contributed by atoms with Gasteiger partial charge in [-0.15, -0.1) is 0 Å². The molecule has 29 heavy (non-hydrogen) atoms. The molecule has 1 atom stereocenters. The molecule has 9 heteroatoms. The Bertz CT molecular complexity index is 1030. The molecule has 1 aliphatic rings. The van der Waals surface area contributed by atoms with Crippen LogP contribution in [-0.4, -0.2) is 39.1 Å². The number of fused-ring (bicyclic) bond motifs is 1. The molecule has 2 aromatic heterocycles. The first-order chi connectivity index (χ1) is 14.0. The molecule has 4 rings (SSSR count). The molecular weight excluding hydrogens is 374 g/mol. The lowest BCUT2D eigenvalue weighted by atomic mass is 9.91. The maximum absolute atomic E-state index is 11.4. The molecule has 1 aromatic carbocycles. The molecule has 0 amide bonds. The molecule has 2 heterocycles. The molecule has 3 aromatic rings. The van der Waals surface area contributed by atoms with E-state index in [1.165, 1.54) is 10.9 Å². The van der Waals surface area contributed by atoms with E-state index in [-0.39, 0.29) is 11.6 Å². The van der Waals surface area contributed by atoms with E-state index in [0.717, 1.165) is 54.0 Å². The van der Waals surface area contributed by atoms with Crippen LogP contribution in [0.25, 0.3) is 11.4 Å². The second-order valence-corrected chi connectivity index (χ2v) is 7.26. The van der Waals surface area contributed by atoms with Gasteiger partial charge in [0, 0.05) is 24.4 Å². The van der Waals surface area contributed by atoms with Gasteiger partial charge in [-0.2, -0.15) is 10.2 Å². The van der Waals surface area contributed by atoms with E-state index in [9.17, 15) is 10.1 Å². The monoisotopic (exact) mass is 397 g/mol. The summed E-state index contributed by atoms with van der Waals surface area (Å²) in [6, 6.07) is 5.94. The summed E-state index contributed by atoms with van der Waals surface area (Å²) in [5.41, 5.74) is 4.04. The van der Waals surface area contributed by atoms with Gasteiger partial charge in [-0.3, -0.25) is 19.9 Å². The molecule has 1 N–H and O–H groups in total. The molecule has 0 spiro atoms. The van der Waals surface area contributed by atoms with Gasteiger partial charge in [0.1, 0.15) is 23.4 Å². The molecule has 0 unspecified atom stereocenters. The maximum Gasteiger partial charge on any atom is 0.316 e. The van der Waals surface area contributed by atoms with Crippen molar-refractivity contribution in [2.24, 2.45) is 7.05 Å². The van der Waals surface area contributed by atoms with E-state index in [2.05, 4.69) is 15.3 Å². The van der Waals surface area contributed by atoms with Crippen LogP contribution in [0.4, 0.5) is 5.69 Å². The fourth-order valence-electron chi connectivity index (χ4n) is 4.04. The number of aryl methyl sites for hydroxylation is 1. The van der Waals surface area contributed by atoms with E-state index in [0.29, 0.717) is 11.4 Å². The Morgan fingerprint density at radius 1 is 1.21 bits per heavy atom. The summed E-state index contributed by atoms with van der Waals surface area (Å²) in [4.78, 5) is 11.0. The standard InChI is InChI=1S/C20H23N5O4/c1-24-11-18(25(26)27)20(23-24)19-16-6-4-5-12(9-17(16)21-22-19)13-7-14(28-2)10-15(8-13)29-3/h7-8,10-12H,4-6,9H2,1-3H3,(H,21,22)/t12-/m1/s1. The van der Waals surface area contributed by atoms with Gasteiger partial charge >= 0.3 is 5.69 Å². The van der Waals surface area contributed by atoms with Crippen LogP contribution in [0.15, 0.2) is 24.4 Å². The number of nitrogens with one attached hydrogen (secondary N) is 1. The summed E-state index contributed by atoms with van der Waals surface area (Å²) < 4.78 is 12.3. The van der Waals surface area contributed by atoms with E-state index in [1.807, 2.05) is 18.2 Å². The number of aromatic nitrogens is 4. The largest absolute Gasteiger partial charge is 0.497 e. The van der Waals surface area contributed by atoms with E-state index < -0.39 is 4.92 Å². The molecule has 9 nitrogen and oxygen atoms in total. The number of nitro groups is 1. The van der Waals surface area contributed by atoms with Crippen molar-refractivity contribution in [2.45, 2.75) is 31.6 Å². The second-order valence-electron chi connectivity index (χ2n) is 7.26. The Morgan fingerprint density at radius 2 is 1.93 bits per heavy atom. The zero-order valence-electron chi connectivity index (χ0n) is 16.6. The van der Waals surface area contributed by atoms with Gasteiger partial charge in [0.25, 0.3) is 0 Å². The minimum atomic E-state index is -0.411. The van der Waals surface area contributed by atoms with Crippen LogP contribution in [0.5, 0.6) is 11.5 Å².